The average Bonchev–Trinajstić information content (AvgIpc) is 3.42. The number of alkyl halides is 3. The van der Waals surface area contributed by atoms with Crippen molar-refractivity contribution >= 4 is 34.3 Å². The van der Waals surface area contributed by atoms with Crippen molar-refractivity contribution in [2.75, 3.05) is 12.3 Å². The van der Waals surface area contributed by atoms with Crippen molar-refractivity contribution in [1.82, 2.24) is 10.3 Å². The number of benzene rings is 2. The van der Waals surface area contributed by atoms with E-state index in [1.54, 1.807) is 11.8 Å². The number of thioether (sulfide) groups is 1. The van der Waals surface area contributed by atoms with Gasteiger partial charge in [0.05, 0.1) is 5.41 Å². The Morgan fingerprint density at radius 2 is 1.89 bits per heavy atom. The largest absolute Gasteiger partial charge is 0.431 e. The first-order chi connectivity index (χ1) is 17.4. The molecule has 0 saturated carbocycles. The molecule has 4 nitrogen and oxygen atoms in total. The number of nitrogens with zero attached hydrogens (tertiary/aromatic N) is 1. The van der Waals surface area contributed by atoms with Crippen LogP contribution in [0.25, 0.3) is 16.7 Å². The lowest BCUT2D eigenvalue weighted by Crippen LogP contribution is -2.47. The van der Waals surface area contributed by atoms with Crippen LogP contribution in [-0.4, -0.2) is 29.4 Å². The van der Waals surface area contributed by atoms with Gasteiger partial charge in [0.25, 0.3) is 5.22 Å². The minimum atomic E-state index is -4.46. The highest BCUT2D eigenvalue weighted by Crippen LogP contribution is 2.52. The molecular formula is C28H27F3N2O2S. The number of aromatic nitrogens is 1. The molecule has 2 aliphatic rings. The van der Waals surface area contributed by atoms with Crippen LogP contribution in [0.15, 0.2) is 75.9 Å². The van der Waals surface area contributed by atoms with Crippen LogP contribution in [0.2, 0.25) is 0 Å². The number of fused-ring (bicyclic) bond motifs is 3. The molecule has 1 atom stereocenters. The zero-order valence-corrected chi connectivity index (χ0v) is 20.6. The molecule has 188 valence electrons. The fourth-order valence-electron chi connectivity index (χ4n) is 5.31. The van der Waals surface area contributed by atoms with Crippen LogP contribution < -0.4 is 5.32 Å². The van der Waals surface area contributed by atoms with Crippen molar-refractivity contribution in [2.45, 2.75) is 55.3 Å². The minimum Gasteiger partial charge on any atom is -0.431 e. The van der Waals surface area contributed by atoms with Crippen molar-refractivity contribution in [3.05, 3.63) is 77.4 Å². The molecule has 8 heteroatoms. The molecule has 0 spiro atoms. The number of hydrogen-bond donors (Lipinski definition) is 1. The molecule has 1 aromatic heterocycles. The van der Waals surface area contributed by atoms with E-state index in [9.17, 15) is 18.0 Å². The van der Waals surface area contributed by atoms with E-state index in [2.05, 4.69) is 10.3 Å². The Balaban J connectivity index is 1.29. The molecule has 0 fully saturated rings. The van der Waals surface area contributed by atoms with E-state index in [1.807, 2.05) is 60.7 Å². The van der Waals surface area contributed by atoms with Gasteiger partial charge in [0.2, 0.25) is 5.91 Å². The molecule has 0 radical (unpaired) electrons. The third-order valence-electron chi connectivity index (χ3n) is 6.88. The molecule has 36 heavy (non-hydrogen) atoms. The highest BCUT2D eigenvalue weighted by atomic mass is 32.2. The summed E-state index contributed by atoms with van der Waals surface area (Å²) >= 11 is 1.55. The normalized spacial score (nSPS) is 19.0. The van der Waals surface area contributed by atoms with E-state index in [0.29, 0.717) is 18.1 Å². The number of para-hydroxylation sites is 2. The van der Waals surface area contributed by atoms with Gasteiger partial charge < -0.3 is 9.73 Å². The maximum absolute atomic E-state index is 13.5. The molecule has 0 saturated heterocycles. The van der Waals surface area contributed by atoms with Crippen molar-refractivity contribution in [2.24, 2.45) is 0 Å². The number of amides is 1. The van der Waals surface area contributed by atoms with Gasteiger partial charge in [-0.25, -0.2) is 4.98 Å². The maximum atomic E-state index is 13.5. The van der Waals surface area contributed by atoms with E-state index in [1.165, 1.54) is 0 Å². The van der Waals surface area contributed by atoms with Crippen LogP contribution in [0.5, 0.6) is 0 Å². The van der Waals surface area contributed by atoms with Gasteiger partial charge in [0.15, 0.2) is 5.58 Å². The van der Waals surface area contributed by atoms with Crippen LogP contribution in [0, 0.1) is 0 Å². The lowest BCUT2D eigenvalue weighted by Gasteiger charge is -2.32. The predicted octanol–water partition coefficient (Wildman–Crippen LogP) is 7.21. The van der Waals surface area contributed by atoms with Gasteiger partial charge in [0, 0.05) is 5.75 Å². The lowest BCUT2D eigenvalue weighted by atomic mass is 9.71. The summed E-state index contributed by atoms with van der Waals surface area (Å²) in [5, 5.41) is 2.84. The summed E-state index contributed by atoms with van der Waals surface area (Å²) in [5.41, 5.74) is 4.25. The Morgan fingerprint density at radius 3 is 2.72 bits per heavy atom. The molecule has 5 rings (SSSR count). The van der Waals surface area contributed by atoms with Crippen LogP contribution in [0.4, 0.5) is 13.2 Å². The van der Waals surface area contributed by atoms with Crippen molar-refractivity contribution in [1.29, 1.82) is 0 Å². The number of rotatable bonds is 9. The van der Waals surface area contributed by atoms with E-state index >= 15 is 0 Å². The van der Waals surface area contributed by atoms with E-state index in [0.717, 1.165) is 64.8 Å². The number of unbranched alkanes of at least 4 members (excludes halogenated alkanes) is 2. The standard InChI is InChI=1S/C28H27F3N2O2S/c29-28(30,31)18-32-25(34)27(21-12-4-2-10-19(21)20-11-3-5-13-22(20)27)16-8-1-9-17-36-26-33-23-14-6-7-15-24(23)35-26/h2,4-7,10,12-15H,1,3,8-9,11,16-18H2,(H,32,34). The summed E-state index contributed by atoms with van der Waals surface area (Å²) in [5.74, 6) is 0.245. The number of carbonyl (C=O) groups excluding carboxylic acids is 1. The van der Waals surface area contributed by atoms with Crippen molar-refractivity contribution < 1.29 is 22.4 Å². The molecule has 0 bridgehead atoms. The fraction of sp³-hybridized carbons (Fsp3) is 0.357. The van der Waals surface area contributed by atoms with Gasteiger partial charge in [-0.1, -0.05) is 73.2 Å². The van der Waals surface area contributed by atoms with Gasteiger partial charge in [-0.05, 0) is 60.1 Å². The minimum absolute atomic E-state index is 0.463. The van der Waals surface area contributed by atoms with Crippen molar-refractivity contribution in [3.8, 4) is 0 Å². The topological polar surface area (TPSA) is 55.1 Å². The Hall–Kier alpha value is -3.00. The number of oxazole rings is 1. The summed E-state index contributed by atoms with van der Waals surface area (Å²) in [4.78, 5) is 18.0. The Kier molecular flexibility index (Phi) is 6.97. The predicted molar refractivity (Wildman–Crippen MR) is 136 cm³/mol. The Morgan fingerprint density at radius 1 is 1.08 bits per heavy atom. The summed E-state index contributed by atoms with van der Waals surface area (Å²) in [7, 11) is 0. The number of halogens is 3. The molecule has 1 heterocycles. The first-order valence-corrected chi connectivity index (χ1v) is 13.2. The molecule has 1 N–H and O–H groups in total. The molecule has 3 aromatic rings. The molecule has 0 aliphatic heterocycles. The summed E-state index contributed by atoms with van der Waals surface area (Å²) < 4.78 is 44.7. The molecule has 1 amide bonds. The molecular weight excluding hydrogens is 485 g/mol. The number of allylic oxidation sites excluding steroid dienone is 3. The number of carbonyl (C=O) groups is 1. The van der Waals surface area contributed by atoms with Crippen molar-refractivity contribution in [3.63, 3.8) is 0 Å². The van der Waals surface area contributed by atoms with Crippen LogP contribution in [0.3, 0.4) is 0 Å². The first kappa shape index (κ1) is 24.7. The van der Waals surface area contributed by atoms with Gasteiger partial charge in [0.1, 0.15) is 12.1 Å². The number of hydrogen-bond acceptors (Lipinski definition) is 4. The quantitative estimate of drug-likeness (QED) is 0.243. The number of nitrogens with one attached hydrogen (secondary N) is 1. The van der Waals surface area contributed by atoms with Crippen LogP contribution in [-0.2, 0) is 10.2 Å². The van der Waals surface area contributed by atoms with Crippen LogP contribution >= 0.6 is 11.8 Å². The van der Waals surface area contributed by atoms with Gasteiger partial charge >= 0.3 is 6.18 Å². The van der Waals surface area contributed by atoms with Gasteiger partial charge in [-0.2, -0.15) is 13.2 Å². The second-order valence-corrected chi connectivity index (χ2v) is 10.2. The summed E-state index contributed by atoms with van der Waals surface area (Å²) in [6, 6.07) is 15.3. The third kappa shape index (κ3) is 4.83. The molecule has 2 aromatic carbocycles. The zero-order valence-electron chi connectivity index (χ0n) is 19.7. The van der Waals surface area contributed by atoms with E-state index < -0.39 is 24.0 Å². The Labute approximate surface area is 212 Å². The SMILES string of the molecule is O=C(NCC(F)(F)F)C1(CCCCCSc2nc3ccccc3o2)C2=C(CCC=C2)c2ccccc21. The van der Waals surface area contributed by atoms with E-state index in [4.69, 9.17) is 4.42 Å². The van der Waals surface area contributed by atoms with Gasteiger partial charge in [-0.15, -0.1) is 0 Å². The third-order valence-corrected chi connectivity index (χ3v) is 7.79. The summed E-state index contributed by atoms with van der Waals surface area (Å²) in [6.45, 7) is -1.33. The summed E-state index contributed by atoms with van der Waals surface area (Å²) in [6.07, 6.45) is 4.07. The highest BCUT2D eigenvalue weighted by Gasteiger charge is 2.50. The highest BCUT2D eigenvalue weighted by molar-refractivity contribution is 7.99. The monoisotopic (exact) mass is 512 g/mol. The second-order valence-electron chi connectivity index (χ2n) is 9.19. The zero-order chi connectivity index (χ0) is 25.2. The Bertz CT molecular complexity index is 1290. The van der Waals surface area contributed by atoms with Gasteiger partial charge in [-0.3, -0.25) is 4.79 Å². The molecule has 2 aliphatic carbocycles. The fourth-order valence-corrected chi connectivity index (χ4v) is 6.14. The maximum Gasteiger partial charge on any atom is 0.405 e. The second kappa shape index (κ2) is 10.2. The van der Waals surface area contributed by atoms with E-state index in [-0.39, 0.29) is 0 Å². The smallest absolute Gasteiger partial charge is 0.405 e. The first-order valence-electron chi connectivity index (χ1n) is 12.2. The average molecular weight is 513 g/mol. The lowest BCUT2D eigenvalue weighted by molar-refractivity contribution is -0.141. The van der Waals surface area contributed by atoms with Crippen LogP contribution in [0.1, 0.15) is 49.7 Å². The molecule has 1 unspecified atom stereocenters.